The molecule has 6 aromatic rings. The second-order valence-electron chi connectivity index (χ2n) is 9.42. The molecule has 0 unspecified atom stereocenters. The summed E-state index contributed by atoms with van der Waals surface area (Å²) in [7, 11) is 5.09. The van der Waals surface area contributed by atoms with Gasteiger partial charge in [-0.2, -0.15) is 0 Å². The van der Waals surface area contributed by atoms with Crippen LogP contribution in [0.4, 0.5) is 18.9 Å². The van der Waals surface area contributed by atoms with Crippen LogP contribution in [0, 0.1) is 17.5 Å². The molecule has 0 fully saturated rings. The number of carbonyl (C=O) groups excluding carboxylic acids is 1. The maximum absolute atomic E-state index is 16.3. The van der Waals surface area contributed by atoms with Gasteiger partial charge >= 0.3 is 0 Å². The fourth-order valence-corrected chi connectivity index (χ4v) is 5.81. The van der Waals surface area contributed by atoms with E-state index in [0.29, 0.717) is 33.3 Å². The number of furan rings is 1. The van der Waals surface area contributed by atoms with Gasteiger partial charge in [0.2, 0.25) is 0 Å². The summed E-state index contributed by atoms with van der Waals surface area (Å²) in [5.41, 5.74) is 2.75. The van der Waals surface area contributed by atoms with Crippen molar-refractivity contribution < 1.29 is 22.4 Å². The maximum Gasteiger partial charge on any atom is 0.255 e. The number of carbonyl (C=O) groups is 1. The molecule has 5 nitrogen and oxygen atoms in total. The molecular formula is C31H22F3N3O2S. The Hall–Kier alpha value is -4.63. The summed E-state index contributed by atoms with van der Waals surface area (Å²) < 4.78 is 52.0. The van der Waals surface area contributed by atoms with Gasteiger partial charge in [-0.25, -0.2) is 18.2 Å². The lowest BCUT2D eigenvalue weighted by Crippen LogP contribution is -2.18. The summed E-state index contributed by atoms with van der Waals surface area (Å²) in [6, 6.07) is 18.9. The van der Waals surface area contributed by atoms with Crippen molar-refractivity contribution in [2.75, 3.05) is 26.0 Å². The van der Waals surface area contributed by atoms with E-state index in [-0.39, 0.29) is 27.5 Å². The molecule has 0 aliphatic rings. The quantitative estimate of drug-likeness (QED) is 0.234. The van der Waals surface area contributed by atoms with E-state index in [0.717, 1.165) is 4.70 Å². The molecule has 0 radical (unpaired) electrons. The molecule has 0 saturated heterocycles. The lowest BCUT2D eigenvalue weighted by Gasteiger charge is -2.19. The van der Waals surface area contributed by atoms with Crippen molar-refractivity contribution in [3.8, 4) is 33.0 Å². The summed E-state index contributed by atoms with van der Waals surface area (Å²) in [6.45, 7) is 0. The molecule has 0 aliphatic carbocycles. The molecule has 40 heavy (non-hydrogen) atoms. The van der Waals surface area contributed by atoms with Gasteiger partial charge in [0.1, 0.15) is 33.8 Å². The van der Waals surface area contributed by atoms with Crippen LogP contribution in [0.25, 0.3) is 54.2 Å². The van der Waals surface area contributed by atoms with Crippen LogP contribution in [0.1, 0.15) is 10.4 Å². The van der Waals surface area contributed by atoms with Crippen molar-refractivity contribution in [2.24, 2.45) is 0 Å². The number of amides is 1. The van der Waals surface area contributed by atoms with Gasteiger partial charge in [-0.1, -0.05) is 12.1 Å². The Labute approximate surface area is 231 Å². The zero-order valence-corrected chi connectivity index (χ0v) is 22.5. The average molecular weight is 558 g/mol. The van der Waals surface area contributed by atoms with Crippen molar-refractivity contribution in [1.82, 2.24) is 10.3 Å². The highest BCUT2D eigenvalue weighted by atomic mass is 32.1. The Kier molecular flexibility index (Phi) is 6.31. The second-order valence-corrected chi connectivity index (χ2v) is 10.5. The van der Waals surface area contributed by atoms with E-state index >= 15 is 8.78 Å². The fraction of sp³-hybridized carbons (Fsp3) is 0.0968. The summed E-state index contributed by atoms with van der Waals surface area (Å²) in [6.07, 6.45) is 0. The maximum atomic E-state index is 16.3. The minimum Gasteiger partial charge on any atom is -0.455 e. The second kappa shape index (κ2) is 9.84. The van der Waals surface area contributed by atoms with Gasteiger partial charge in [-0.05, 0) is 54.6 Å². The summed E-state index contributed by atoms with van der Waals surface area (Å²) in [4.78, 5) is 19.3. The number of hydrogen-bond donors (Lipinski definition) is 1. The number of nitrogens with zero attached hydrogens (tertiary/aromatic N) is 2. The van der Waals surface area contributed by atoms with Crippen LogP contribution in [0.5, 0.6) is 0 Å². The zero-order chi connectivity index (χ0) is 28.1. The zero-order valence-electron chi connectivity index (χ0n) is 21.7. The molecule has 1 amide bonds. The molecule has 0 bridgehead atoms. The van der Waals surface area contributed by atoms with Crippen molar-refractivity contribution in [3.05, 3.63) is 95.8 Å². The Bertz CT molecular complexity index is 1890. The Morgan fingerprint density at radius 2 is 1.70 bits per heavy atom. The number of benzene rings is 4. The standard InChI is InChI=1S/C31H22F3N3O2S/c1-35-30(38)26-20-14-19(23(37(2)3)15-24(20)39-29(26)16-8-10-17(32)11-9-16)18-12-13-21(33)27(28(18)34)31-36-22-6-4-5-7-25(22)40-31/h4-15H,1-3H3,(H,35,38). The number of para-hydroxylation sites is 1. The molecule has 2 heterocycles. The number of aromatic nitrogens is 1. The van der Waals surface area contributed by atoms with Gasteiger partial charge in [0.15, 0.2) is 0 Å². The van der Waals surface area contributed by atoms with Crippen LogP contribution in [0.2, 0.25) is 0 Å². The Morgan fingerprint density at radius 1 is 0.950 bits per heavy atom. The van der Waals surface area contributed by atoms with Crippen molar-refractivity contribution >= 4 is 44.1 Å². The van der Waals surface area contributed by atoms with Gasteiger partial charge in [0, 0.05) is 55.0 Å². The third-order valence-electron chi connectivity index (χ3n) is 6.74. The monoisotopic (exact) mass is 557 g/mol. The molecule has 2 aromatic heterocycles. The molecule has 6 rings (SSSR count). The molecule has 0 atom stereocenters. The molecule has 0 aliphatic heterocycles. The van der Waals surface area contributed by atoms with Crippen LogP contribution < -0.4 is 10.2 Å². The van der Waals surface area contributed by atoms with Crippen LogP contribution >= 0.6 is 11.3 Å². The first kappa shape index (κ1) is 25.6. The van der Waals surface area contributed by atoms with Crippen LogP contribution in [-0.2, 0) is 0 Å². The average Bonchev–Trinajstić information content (AvgIpc) is 3.53. The number of thiazole rings is 1. The highest BCUT2D eigenvalue weighted by molar-refractivity contribution is 7.21. The highest BCUT2D eigenvalue weighted by Gasteiger charge is 2.26. The number of fused-ring (bicyclic) bond motifs is 2. The van der Waals surface area contributed by atoms with E-state index in [1.165, 1.54) is 54.8 Å². The van der Waals surface area contributed by atoms with E-state index in [4.69, 9.17) is 4.42 Å². The summed E-state index contributed by atoms with van der Waals surface area (Å²) in [5, 5.41) is 3.30. The summed E-state index contributed by atoms with van der Waals surface area (Å²) >= 11 is 1.21. The highest BCUT2D eigenvalue weighted by Crippen LogP contribution is 2.43. The first-order valence-corrected chi connectivity index (χ1v) is 13.2. The van der Waals surface area contributed by atoms with E-state index in [1.807, 2.05) is 18.2 Å². The Morgan fingerprint density at radius 3 is 2.40 bits per heavy atom. The molecule has 200 valence electrons. The third kappa shape index (κ3) is 4.19. The number of halogens is 3. The van der Waals surface area contributed by atoms with Gasteiger partial charge in [-0.15, -0.1) is 11.3 Å². The van der Waals surface area contributed by atoms with Crippen molar-refractivity contribution in [2.45, 2.75) is 0 Å². The molecule has 0 saturated carbocycles. The first-order chi connectivity index (χ1) is 19.3. The van der Waals surface area contributed by atoms with E-state index in [2.05, 4.69) is 10.3 Å². The van der Waals surface area contributed by atoms with Crippen LogP contribution in [0.3, 0.4) is 0 Å². The van der Waals surface area contributed by atoms with E-state index < -0.39 is 23.4 Å². The van der Waals surface area contributed by atoms with E-state index in [1.54, 1.807) is 37.2 Å². The van der Waals surface area contributed by atoms with Crippen molar-refractivity contribution in [3.63, 3.8) is 0 Å². The predicted octanol–water partition coefficient (Wildman–Crippen LogP) is 7.89. The number of rotatable bonds is 5. The first-order valence-electron chi connectivity index (χ1n) is 12.4. The lowest BCUT2D eigenvalue weighted by atomic mass is 9.96. The summed E-state index contributed by atoms with van der Waals surface area (Å²) in [5.74, 6) is -2.07. The normalized spacial score (nSPS) is 11.3. The van der Waals surface area contributed by atoms with Gasteiger partial charge in [-0.3, -0.25) is 4.79 Å². The minimum atomic E-state index is -0.759. The topological polar surface area (TPSA) is 58.4 Å². The van der Waals surface area contributed by atoms with Crippen LogP contribution in [0.15, 0.2) is 77.2 Å². The number of nitrogens with one attached hydrogen (secondary N) is 1. The van der Waals surface area contributed by atoms with Gasteiger partial charge < -0.3 is 14.6 Å². The third-order valence-corrected chi connectivity index (χ3v) is 7.79. The molecular weight excluding hydrogens is 535 g/mol. The SMILES string of the molecule is CNC(=O)c1c(-c2ccc(F)cc2)oc2cc(N(C)C)c(-c3ccc(F)c(-c4nc5ccccc5s4)c3F)cc12. The molecule has 9 heteroatoms. The van der Waals surface area contributed by atoms with Crippen molar-refractivity contribution in [1.29, 1.82) is 0 Å². The molecule has 4 aromatic carbocycles. The lowest BCUT2D eigenvalue weighted by molar-refractivity contribution is 0.0964. The minimum absolute atomic E-state index is 0.147. The fourth-order valence-electron chi connectivity index (χ4n) is 4.81. The molecule has 0 spiro atoms. The number of anilines is 1. The number of hydrogen-bond acceptors (Lipinski definition) is 5. The van der Waals surface area contributed by atoms with E-state index in [9.17, 15) is 9.18 Å². The van der Waals surface area contributed by atoms with Crippen LogP contribution in [-0.4, -0.2) is 32.0 Å². The Balaban J connectivity index is 1.61. The van der Waals surface area contributed by atoms with Gasteiger partial charge in [0.05, 0.1) is 21.3 Å². The predicted molar refractivity (Wildman–Crippen MR) is 153 cm³/mol. The molecule has 1 N–H and O–H groups in total. The smallest absolute Gasteiger partial charge is 0.255 e. The van der Waals surface area contributed by atoms with Gasteiger partial charge in [0.25, 0.3) is 5.91 Å². The largest absolute Gasteiger partial charge is 0.455 e.